The summed E-state index contributed by atoms with van der Waals surface area (Å²) in [6.07, 6.45) is 1.43. The number of carbonyl (C=O) groups is 2. The molecule has 3 aromatic rings. The Balaban J connectivity index is 1.64. The molecule has 0 bridgehead atoms. The number of hydrogen-bond donors (Lipinski definition) is 0. The Labute approximate surface area is 169 Å². The van der Waals surface area contributed by atoms with Gasteiger partial charge in [-0.3, -0.25) is 0 Å². The van der Waals surface area contributed by atoms with Gasteiger partial charge in [0.2, 0.25) is 5.89 Å². The third-order valence-corrected chi connectivity index (χ3v) is 4.52. The Morgan fingerprint density at radius 1 is 1.07 bits per heavy atom. The minimum absolute atomic E-state index is 0.0738. The van der Waals surface area contributed by atoms with Gasteiger partial charge in [0.1, 0.15) is 12.4 Å². The fourth-order valence-corrected chi connectivity index (χ4v) is 2.97. The highest BCUT2D eigenvalue weighted by atomic mass is 32.2. The van der Waals surface area contributed by atoms with Crippen LogP contribution in [-0.2, 0) is 11.4 Å². The quantitative estimate of drug-likeness (QED) is 0.397. The van der Waals surface area contributed by atoms with Gasteiger partial charge in [-0.25, -0.2) is 0 Å². The van der Waals surface area contributed by atoms with Gasteiger partial charge in [0, 0.05) is 11.8 Å². The van der Waals surface area contributed by atoms with Gasteiger partial charge < -0.3 is 29.0 Å². The first kappa shape index (κ1) is 20.2. The molecule has 8 nitrogen and oxygen atoms in total. The summed E-state index contributed by atoms with van der Waals surface area (Å²) in [5.74, 6) is -1.68. The van der Waals surface area contributed by atoms with Gasteiger partial charge in [-0.2, -0.15) is 0 Å². The molecule has 9 heteroatoms. The second-order valence-corrected chi connectivity index (χ2v) is 6.82. The SMILES string of the molecule is Cc1nnc(S/C(=C\c2ccc(OCc3ccc(C(=O)[O-])cc3)cc2)C(=O)[O-])o1. The number of aliphatic carboxylic acids is 1. The summed E-state index contributed by atoms with van der Waals surface area (Å²) in [6, 6.07) is 13.0. The number of aryl methyl sites for hydroxylation is 1. The highest BCUT2D eigenvalue weighted by Crippen LogP contribution is 2.27. The van der Waals surface area contributed by atoms with Crippen molar-refractivity contribution >= 4 is 29.8 Å². The second-order valence-electron chi connectivity index (χ2n) is 5.83. The van der Waals surface area contributed by atoms with Crippen molar-refractivity contribution in [3.63, 3.8) is 0 Å². The van der Waals surface area contributed by atoms with Crippen molar-refractivity contribution in [3.8, 4) is 5.75 Å². The summed E-state index contributed by atoms with van der Waals surface area (Å²) < 4.78 is 10.8. The highest BCUT2D eigenvalue weighted by Gasteiger charge is 2.09. The molecule has 3 rings (SSSR count). The average molecular weight is 410 g/mol. The Morgan fingerprint density at radius 2 is 1.76 bits per heavy atom. The van der Waals surface area contributed by atoms with E-state index in [1.807, 2.05) is 0 Å². The smallest absolute Gasteiger partial charge is 0.281 e. The van der Waals surface area contributed by atoms with Crippen molar-refractivity contribution in [2.45, 2.75) is 18.8 Å². The second kappa shape index (κ2) is 9.07. The van der Waals surface area contributed by atoms with Crippen molar-refractivity contribution in [3.05, 3.63) is 76.0 Å². The molecule has 0 radical (unpaired) electrons. The summed E-state index contributed by atoms with van der Waals surface area (Å²) >= 11 is 0.809. The molecule has 0 unspecified atom stereocenters. The summed E-state index contributed by atoms with van der Waals surface area (Å²) in [5.41, 5.74) is 1.52. The number of carboxylic acid groups (broad SMARTS) is 2. The predicted molar refractivity (Wildman–Crippen MR) is 99.4 cm³/mol. The number of aromatic carboxylic acids is 1. The van der Waals surface area contributed by atoms with E-state index < -0.39 is 11.9 Å². The van der Waals surface area contributed by atoms with Gasteiger partial charge in [-0.05, 0) is 46.7 Å². The van der Waals surface area contributed by atoms with E-state index in [0.717, 1.165) is 17.3 Å². The van der Waals surface area contributed by atoms with E-state index in [2.05, 4.69) is 10.2 Å². The lowest BCUT2D eigenvalue weighted by atomic mass is 10.1. The first-order valence-electron chi connectivity index (χ1n) is 8.35. The molecule has 0 fully saturated rings. The van der Waals surface area contributed by atoms with E-state index in [1.165, 1.54) is 18.2 Å². The van der Waals surface area contributed by atoms with Crippen molar-refractivity contribution in [2.75, 3.05) is 0 Å². The average Bonchev–Trinajstić information content (AvgIpc) is 3.12. The fourth-order valence-electron chi connectivity index (χ4n) is 2.26. The van der Waals surface area contributed by atoms with E-state index in [1.54, 1.807) is 43.3 Å². The van der Waals surface area contributed by atoms with Gasteiger partial charge in [-0.1, -0.05) is 36.4 Å². The molecular formula is C20H14N2O6S-2. The number of hydrogen-bond acceptors (Lipinski definition) is 9. The van der Waals surface area contributed by atoms with Crippen molar-refractivity contribution < 1.29 is 29.0 Å². The van der Waals surface area contributed by atoms with Crippen LogP contribution >= 0.6 is 11.8 Å². The van der Waals surface area contributed by atoms with Crippen LogP contribution < -0.4 is 14.9 Å². The number of carboxylic acids is 2. The lowest BCUT2D eigenvalue weighted by Gasteiger charge is -2.09. The first-order chi connectivity index (χ1) is 13.9. The monoisotopic (exact) mass is 410 g/mol. The lowest BCUT2D eigenvalue weighted by Crippen LogP contribution is -2.23. The van der Waals surface area contributed by atoms with Gasteiger partial charge in [-0.15, -0.1) is 10.2 Å². The maximum absolute atomic E-state index is 11.4. The van der Waals surface area contributed by atoms with E-state index in [9.17, 15) is 19.8 Å². The van der Waals surface area contributed by atoms with Crippen LogP contribution in [0.25, 0.3) is 6.08 Å². The molecule has 0 saturated heterocycles. The molecule has 0 N–H and O–H groups in total. The third kappa shape index (κ3) is 5.69. The van der Waals surface area contributed by atoms with E-state index >= 15 is 0 Å². The van der Waals surface area contributed by atoms with Gasteiger partial charge in [0.05, 0.1) is 11.9 Å². The zero-order chi connectivity index (χ0) is 20.8. The minimum atomic E-state index is -1.36. The first-order valence-corrected chi connectivity index (χ1v) is 9.16. The molecule has 0 saturated carbocycles. The molecule has 1 heterocycles. The van der Waals surface area contributed by atoms with E-state index in [0.29, 0.717) is 17.2 Å². The third-order valence-electron chi connectivity index (χ3n) is 3.68. The van der Waals surface area contributed by atoms with Crippen LogP contribution in [0, 0.1) is 6.92 Å². The number of rotatable bonds is 8. The zero-order valence-electron chi connectivity index (χ0n) is 15.2. The topological polar surface area (TPSA) is 128 Å². The van der Waals surface area contributed by atoms with Crippen molar-refractivity contribution in [2.24, 2.45) is 0 Å². The number of carbonyl (C=O) groups excluding carboxylic acids is 2. The summed E-state index contributed by atoms with van der Waals surface area (Å²) in [7, 11) is 0. The van der Waals surface area contributed by atoms with E-state index in [4.69, 9.17) is 9.15 Å². The number of thioether (sulfide) groups is 1. The summed E-state index contributed by atoms with van der Waals surface area (Å²) in [4.78, 5) is 22.0. The largest absolute Gasteiger partial charge is 0.545 e. The minimum Gasteiger partial charge on any atom is -0.545 e. The fraction of sp³-hybridized carbons (Fsp3) is 0.100. The molecule has 0 atom stereocenters. The van der Waals surface area contributed by atoms with Gasteiger partial charge in [0.25, 0.3) is 5.22 Å². The van der Waals surface area contributed by atoms with Gasteiger partial charge in [0.15, 0.2) is 0 Å². The van der Waals surface area contributed by atoms with Crippen LogP contribution in [0.5, 0.6) is 5.75 Å². The number of aromatic nitrogens is 2. The molecule has 0 amide bonds. The number of benzene rings is 2. The zero-order valence-corrected chi connectivity index (χ0v) is 16.0. The van der Waals surface area contributed by atoms with Crippen LogP contribution in [0.2, 0.25) is 0 Å². The van der Waals surface area contributed by atoms with Crippen molar-refractivity contribution in [1.29, 1.82) is 0 Å². The molecule has 0 spiro atoms. The normalized spacial score (nSPS) is 11.3. The Hall–Kier alpha value is -3.59. The van der Waals surface area contributed by atoms with Crippen LogP contribution in [0.3, 0.4) is 0 Å². The predicted octanol–water partition coefficient (Wildman–Crippen LogP) is 1.20. The van der Waals surface area contributed by atoms with Crippen LogP contribution in [0.1, 0.15) is 27.4 Å². The molecule has 0 aliphatic rings. The highest BCUT2D eigenvalue weighted by molar-refractivity contribution is 8.03. The number of nitrogens with zero attached hydrogens (tertiary/aromatic N) is 2. The molecule has 0 aliphatic carbocycles. The molecular weight excluding hydrogens is 396 g/mol. The molecule has 0 aliphatic heterocycles. The van der Waals surface area contributed by atoms with Crippen LogP contribution in [0.4, 0.5) is 0 Å². The molecule has 148 valence electrons. The van der Waals surface area contributed by atoms with Crippen molar-refractivity contribution in [1.82, 2.24) is 10.2 Å². The summed E-state index contributed by atoms with van der Waals surface area (Å²) in [5, 5.41) is 29.6. The standard InChI is InChI=1S/C20H16N2O6S/c1-12-21-22-20(28-12)29-17(19(25)26)10-13-4-8-16(9-5-13)27-11-14-2-6-15(7-3-14)18(23)24/h2-10H,11H2,1H3,(H,23,24)(H,25,26)/p-2/b17-10-. The van der Waals surface area contributed by atoms with Crippen LogP contribution in [-0.4, -0.2) is 22.1 Å². The Kier molecular flexibility index (Phi) is 6.30. The van der Waals surface area contributed by atoms with Gasteiger partial charge >= 0.3 is 0 Å². The number of ether oxygens (including phenoxy) is 1. The lowest BCUT2D eigenvalue weighted by molar-refractivity contribution is -0.298. The molecule has 1 aromatic heterocycles. The Bertz CT molecular complexity index is 1040. The van der Waals surface area contributed by atoms with E-state index in [-0.39, 0.29) is 22.3 Å². The maximum atomic E-state index is 11.4. The Morgan fingerprint density at radius 3 is 2.31 bits per heavy atom. The molecule has 29 heavy (non-hydrogen) atoms. The molecule has 2 aromatic carbocycles. The summed E-state index contributed by atoms with van der Waals surface area (Å²) in [6.45, 7) is 1.86. The van der Waals surface area contributed by atoms with Crippen LogP contribution in [0.15, 0.2) is 63.1 Å². The maximum Gasteiger partial charge on any atom is 0.281 e.